The van der Waals surface area contributed by atoms with Crippen molar-refractivity contribution >= 4 is 11.0 Å². The Morgan fingerprint density at radius 3 is 2.70 bits per heavy atom. The summed E-state index contributed by atoms with van der Waals surface area (Å²) in [6.45, 7) is 6.41. The molecule has 2 aromatic heterocycles. The molecule has 0 saturated heterocycles. The van der Waals surface area contributed by atoms with Crippen LogP contribution in [0, 0.1) is 6.92 Å². The smallest absolute Gasteiger partial charge is 0.129 e. The number of aromatic nitrogens is 4. The predicted molar refractivity (Wildman–Crippen MR) is 91.4 cm³/mol. The molecule has 5 nitrogen and oxygen atoms in total. The van der Waals surface area contributed by atoms with E-state index in [0.717, 1.165) is 42.1 Å². The van der Waals surface area contributed by atoms with Gasteiger partial charge in [-0.2, -0.15) is 0 Å². The van der Waals surface area contributed by atoms with Gasteiger partial charge in [0.05, 0.1) is 23.2 Å². The normalized spacial score (nSPS) is 12.2. The van der Waals surface area contributed by atoms with Crippen LogP contribution in [0.2, 0.25) is 0 Å². The fourth-order valence-electron chi connectivity index (χ4n) is 2.76. The molecule has 23 heavy (non-hydrogen) atoms. The van der Waals surface area contributed by atoms with Crippen molar-refractivity contribution in [2.75, 3.05) is 0 Å². The van der Waals surface area contributed by atoms with Crippen molar-refractivity contribution in [3.63, 3.8) is 0 Å². The molecule has 0 aliphatic heterocycles. The monoisotopic (exact) mass is 312 g/mol. The molecule has 122 valence electrons. The van der Waals surface area contributed by atoms with E-state index in [1.54, 1.807) is 0 Å². The Kier molecular flexibility index (Phi) is 3.98. The van der Waals surface area contributed by atoms with Gasteiger partial charge in [0.1, 0.15) is 11.6 Å². The van der Waals surface area contributed by atoms with Crippen LogP contribution in [0.25, 0.3) is 11.0 Å². The van der Waals surface area contributed by atoms with Crippen LogP contribution in [0.15, 0.2) is 30.6 Å². The minimum atomic E-state index is -0.633. The van der Waals surface area contributed by atoms with Crippen molar-refractivity contribution in [3.05, 3.63) is 47.8 Å². The number of hydrogen-bond donors (Lipinski definition) is 1. The lowest BCUT2D eigenvalue weighted by molar-refractivity contribution is 0.0714. The van der Waals surface area contributed by atoms with Crippen molar-refractivity contribution in [3.8, 4) is 0 Å². The van der Waals surface area contributed by atoms with Crippen LogP contribution in [0.4, 0.5) is 0 Å². The quantitative estimate of drug-likeness (QED) is 0.788. The zero-order chi connectivity index (χ0) is 16.6. The van der Waals surface area contributed by atoms with Crippen molar-refractivity contribution in [1.29, 1.82) is 0 Å². The number of aliphatic hydroxyl groups is 1. The second-order valence-electron chi connectivity index (χ2n) is 6.82. The fourth-order valence-corrected chi connectivity index (χ4v) is 2.76. The van der Waals surface area contributed by atoms with Crippen molar-refractivity contribution in [2.24, 2.45) is 7.05 Å². The summed E-state index contributed by atoms with van der Waals surface area (Å²) in [6, 6.07) is 6.35. The summed E-state index contributed by atoms with van der Waals surface area (Å²) >= 11 is 0. The summed E-state index contributed by atoms with van der Waals surface area (Å²) in [6.07, 6.45) is 5.40. The molecule has 0 aliphatic carbocycles. The minimum absolute atomic E-state index is 0.633. The first-order chi connectivity index (χ1) is 10.8. The lowest BCUT2D eigenvalue weighted by Gasteiger charge is -2.16. The Balaban J connectivity index is 1.88. The van der Waals surface area contributed by atoms with Crippen molar-refractivity contribution in [2.45, 2.75) is 45.8 Å². The molecule has 5 heteroatoms. The number of benzene rings is 1. The average molecular weight is 312 g/mol. The van der Waals surface area contributed by atoms with Crippen LogP contribution in [-0.2, 0) is 20.0 Å². The average Bonchev–Trinajstić information content (AvgIpc) is 3.02. The molecule has 3 rings (SSSR count). The number of nitrogens with zero attached hydrogens (tertiary/aromatic N) is 4. The van der Waals surface area contributed by atoms with Gasteiger partial charge in [0.25, 0.3) is 0 Å². The molecule has 0 amide bonds. The first kappa shape index (κ1) is 15.7. The number of aryl methyl sites for hydroxylation is 3. The van der Waals surface area contributed by atoms with Crippen LogP contribution in [-0.4, -0.2) is 29.8 Å². The van der Waals surface area contributed by atoms with E-state index in [4.69, 9.17) is 4.98 Å². The number of hydrogen-bond acceptors (Lipinski definition) is 3. The number of imidazole rings is 2. The van der Waals surface area contributed by atoms with Gasteiger partial charge in [-0.1, -0.05) is 6.07 Å². The second kappa shape index (κ2) is 5.81. The van der Waals surface area contributed by atoms with Crippen molar-refractivity contribution in [1.82, 2.24) is 19.1 Å². The van der Waals surface area contributed by atoms with Gasteiger partial charge in [-0.3, -0.25) is 0 Å². The third kappa shape index (κ3) is 3.45. The molecule has 0 atom stereocenters. The largest absolute Gasteiger partial charge is 0.390 e. The highest BCUT2D eigenvalue weighted by molar-refractivity contribution is 5.76. The van der Waals surface area contributed by atoms with E-state index in [1.807, 2.05) is 33.2 Å². The molecule has 3 aromatic rings. The Hall–Kier alpha value is -2.14. The van der Waals surface area contributed by atoms with E-state index < -0.39 is 5.60 Å². The molecule has 0 radical (unpaired) electrons. The fraction of sp³-hybridized carbons (Fsp3) is 0.444. The van der Waals surface area contributed by atoms with Crippen LogP contribution in [0.1, 0.15) is 37.5 Å². The van der Waals surface area contributed by atoms with E-state index in [2.05, 4.69) is 39.4 Å². The maximum atomic E-state index is 9.89. The molecule has 0 aliphatic rings. The molecule has 0 spiro atoms. The highest BCUT2D eigenvalue weighted by Gasteiger charge is 2.14. The van der Waals surface area contributed by atoms with Crippen LogP contribution >= 0.6 is 0 Å². The molecule has 0 unspecified atom stereocenters. The summed E-state index contributed by atoms with van der Waals surface area (Å²) in [5, 5.41) is 9.89. The van der Waals surface area contributed by atoms with Gasteiger partial charge in [0, 0.05) is 19.4 Å². The first-order valence-electron chi connectivity index (χ1n) is 7.98. The molecule has 0 bridgehead atoms. The third-order valence-corrected chi connectivity index (χ3v) is 4.30. The highest BCUT2D eigenvalue weighted by Crippen LogP contribution is 2.20. The highest BCUT2D eigenvalue weighted by atomic mass is 16.3. The molecule has 2 heterocycles. The third-order valence-electron chi connectivity index (χ3n) is 4.30. The van der Waals surface area contributed by atoms with E-state index >= 15 is 0 Å². The summed E-state index contributed by atoms with van der Waals surface area (Å²) in [5.41, 5.74) is 2.73. The second-order valence-corrected chi connectivity index (χ2v) is 6.82. The van der Waals surface area contributed by atoms with Gasteiger partial charge < -0.3 is 14.2 Å². The molecule has 0 fully saturated rings. The maximum absolute atomic E-state index is 9.89. The van der Waals surface area contributed by atoms with Gasteiger partial charge in [0.15, 0.2) is 0 Å². The lowest BCUT2D eigenvalue weighted by atomic mass is 9.99. The zero-order valence-corrected chi connectivity index (χ0v) is 14.2. The SMILES string of the molecule is Cc1nccn1Cc1nc2ccc(CCC(C)(C)O)cc2n1C. The summed E-state index contributed by atoms with van der Waals surface area (Å²) in [5.74, 6) is 2.00. The van der Waals surface area contributed by atoms with Gasteiger partial charge in [-0.25, -0.2) is 9.97 Å². The number of fused-ring (bicyclic) bond motifs is 1. The van der Waals surface area contributed by atoms with Crippen LogP contribution in [0.3, 0.4) is 0 Å². The minimum Gasteiger partial charge on any atom is -0.390 e. The maximum Gasteiger partial charge on any atom is 0.129 e. The zero-order valence-electron chi connectivity index (χ0n) is 14.2. The van der Waals surface area contributed by atoms with E-state index in [9.17, 15) is 5.11 Å². The Bertz CT molecular complexity index is 823. The van der Waals surface area contributed by atoms with Crippen LogP contribution in [0.5, 0.6) is 0 Å². The van der Waals surface area contributed by atoms with Gasteiger partial charge in [-0.05, 0) is 51.3 Å². The van der Waals surface area contributed by atoms with Gasteiger partial charge in [-0.15, -0.1) is 0 Å². The van der Waals surface area contributed by atoms with Crippen LogP contribution < -0.4 is 0 Å². The summed E-state index contributed by atoms with van der Waals surface area (Å²) < 4.78 is 4.23. The molecular weight excluding hydrogens is 288 g/mol. The summed E-state index contributed by atoms with van der Waals surface area (Å²) in [4.78, 5) is 9.00. The topological polar surface area (TPSA) is 55.9 Å². The van der Waals surface area contributed by atoms with Crippen molar-refractivity contribution < 1.29 is 5.11 Å². The van der Waals surface area contributed by atoms with E-state index in [-0.39, 0.29) is 0 Å². The van der Waals surface area contributed by atoms with E-state index in [0.29, 0.717) is 0 Å². The van der Waals surface area contributed by atoms with Gasteiger partial charge >= 0.3 is 0 Å². The molecule has 1 N–H and O–H groups in total. The Labute approximate surface area is 136 Å². The molecule has 0 saturated carbocycles. The Morgan fingerprint density at radius 2 is 2.04 bits per heavy atom. The van der Waals surface area contributed by atoms with Gasteiger partial charge in [0.2, 0.25) is 0 Å². The molecule has 1 aromatic carbocycles. The first-order valence-corrected chi connectivity index (χ1v) is 7.98. The molecular formula is C18H24N4O. The standard InChI is InChI=1S/C18H24N4O/c1-13-19-9-10-22(13)12-17-20-15-6-5-14(7-8-18(2,3)23)11-16(15)21(17)4/h5-6,9-11,23H,7-8,12H2,1-4H3. The summed E-state index contributed by atoms with van der Waals surface area (Å²) in [7, 11) is 2.05. The predicted octanol–water partition coefficient (Wildman–Crippen LogP) is 2.83. The number of rotatable bonds is 5. The Morgan fingerprint density at radius 1 is 1.26 bits per heavy atom. The lowest BCUT2D eigenvalue weighted by Crippen LogP contribution is -2.19. The van der Waals surface area contributed by atoms with E-state index in [1.165, 1.54) is 5.56 Å².